The summed E-state index contributed by atoms with van der Waals surface area (Å²) in [5.41, 5.74) is 7.99. The van der Waals surface area contributed by atoms with E-state index in [1.165, 1.54) is 5.56 Å². The Hall–Kier alpha value is -1.77. The third kappa shape index (κ3) is 1.81. The van der Waals surface area contributed by atoms with E-state index in [0.717, 1.165) is 10.9 Å². The zero-order chi connectivity index (χ0) is 11.9. The van der Waals surface area contributed by atoms with E-state index in [1.807, 2.05) is 6.07 Å². The topological polar surface area (TPSA) is 58.9 Å². The van der Waals surface area contributed by atoms with Gasteiger partial charge in [0, 0.05) is 10.9 Å². The second kappa shape index (κ2) is 3.37. The summed E-state index contributed by atoms with van der Waals surface area (Å²) in [7, 11) is 0. The summed E-state index contributed by atoms with van der Waals surface area (Å²) in [6.07, 6.45) is 0. The second-order valence-corrected chi connectivity index (χ2v) is 5.10. The maximum absolute atomic E-state index is 11.0. The van der Waals surface area contributed by atoms with Crippen LogP contribution < -0.4 is 5.73 Å². The molecule has 2 rings (SSSR count). The molecule has 1 amide bonds. The number of nitrogens with one attached hydrogen (secondary N) is 1. The van der Waals surface area contributed by atoms with Crippen LogP contribution in [0.5, 0.6) is 0 Å². The standard InChI is InChI=1S/C13H16N2O/c1-13(2,3)9-4-5-10-8(6-9)7-11(15-10)12(14)16/h4-7,15H,1-3H3,(H2,14,16). The Balaban J connectivity index is 2.58. The number of carbonyl (C=O) groups excluding carboxylic acids is 1. The van der Waals surface area contributed by atoms with Crippen LogP contribution in [0.15, 0.2) is 24.3 Å². The first-order valence-corrected chi connectivity index (χ1v) is 5.31. The van der Waals surface area contributed by atoms with Crippen molar-refractivity contribution in [2.75, 3.05) is 0 Å². The lowest BCUT2D eigenvalue weighted by Gasteiger charge is -2.18. The molecular weight excluding hydrogens is 200 g/mol. The van der Waals surface area contributed by atoms with Crippen molar-refractivity contribution >= 4 is 16.8 Å². The third-order valence-corrected chi connectivity index (χ3v) is 2.75. The molecule has 16 heavy (non-hydrogen) atoms. The fourth-order valence-electron chi connectivity index (χ4n) is 1.73. The Labute approximate surface area is 94.6 Å². The van der Waals surface area contributed by atoms with Crippen molar-refractivity contribution in [1.82, 2.24) is 4.98 Å². The van der Waals surface area contributed by atoms with Gasteiger partial charge >= 0.3 is 0 Å². The van der Waals surface area contributed by atoms with E-state index in [2.05, 4.69) is 37.9 Å². The lowest BCUT2D eigenvalue weighted by atomic mass is 9.86. The number of benzene rings is 1. The van der Waals surface area contributed by atoms with Crippen molar-refractivity contribution in [3.8, 4) is 0 Å². The highest BCUT2D eigenvalue weighted by molar-refractivity contribution is 5.97. The zero-order valence-electron chi connectivity index (χ0n) is 9.79. The van der Waals surface area contributed by atoms with E-state index < -0.39 is 5.91 Å². The predicted octanol–water partition coefficient (Wildman–Crippen LogP) is 2.56. The number of aromatic nitrogens is 1. The molecule has 0 fully saturated rings. The van der Waals surface area contributed by atoms with Crippen LogP contribution in [0.2, 0.25) is 0 Å². The first kappa shape index (κ1) is 10.7. The SMILES string of the molecule is CC(C)(C)c1ccc2[nH]c(C(N)=O)cc2c1. The maximum Gasteiger partial charge on any atom is 0.265 e. The highest BCUT2D eigenvalue weighted by Gasteiger charge is 2.14. The average Bonchev–Trinajstić information content (AvgIpc) is 2.58. The zero-order valence-corrected chi connectivity index (χ0v) is 9.79. The molecule has 84 valence electrons. The molecule has 1 heterocycles. The Kier molecular flexibility index (Phi) is 2.26. The van der Waals surface area contributed by atoms with Crippen molar-refractivity contribution in [2.24, 2.45) is 5.73 Å². The molecule has 0 radical (unpaired) electrons. The smallest absolute Gasteiger partial charge is 0.265 e. The van der Waals surface area contributed by atoms with Gasteiger partial charge in [-0.1, -0.05) is 26.8 Å². The van der Waals surface area contributed by atoms with Crippen LogP contribution in [0.3, 0.4) is 0 Å². The molecule has 1 aromatic carbocycles. The van der Waals surface area contributed by atoms with Gasteiger partial charge in [-0.15, -0.1) is 0 Å². The molecule has 3 heteroatoms. The van der Waals surface area contributed by atoms with E-state index >= 15 is 0 Å². The minimum absolute atomic E-state index is 0.109. The fourth-order valence-corrected chi connectivity index (χ4v) is 1.73. The molecule has 0 saturated heterocycles. The molecule has 0 bridgehead atoms. The molecule has 0 unspecified atom stereocenters. The molecule has 3 nitrogen and oxygen atoms in total. The van der Waals surface area contributed by atoms with Gasteiger partial charge in [-0.3, -0.25) is 4.79 Å². The molecular formula is C13H16N2O. The Morgan fingerprint density at radius 1 is 1.25 bits per heavy atom. The van der Waals surface area contributed by atoms with Crippen LogP contribution in [0.25, 0.3) is 10.9 Å². The summed E-state index contributed by atoms with van der Waals surface area (Å²) in [4.78, 5) is 14.0. The number of nitrogens with two attached hydrogens (primary N) is 1. The van der Waals surface area contributed by atoms with Gasteiger partial charge in [0.1, 0.15) is 5.69 Å². The number of hydrogen-bond donors (Lipinski definition) is 2. The van der Waals surface area contributed by atoms with Gasteiger partial charge in [0.15, 0.2) is 0 Å². The van der Waals surface area contributed by atoms with E-state index in [-0.39, 0.29) is 5.41 Å². The molecule has 0 aliphatic rings. The number of rotatable bonds is 1. The third-order valence-electron chi connectivity index (χ3n) is 2.75. The number of H-pyrrole nitrogens is 1. The van der Waals surface area contributed by atoms with Crippen LogP contribution in [0.4, 0.5) is 0 Å². The summed E-state index contributed by atoms with van der Waals surface area (Å²) < 4.78 is 0. The van der Waals surface area contributed by atoms with Crippen molar-refractivity contribution in [2.45, 2.75) is 26.2 Å². The first-order valence-electron chi connectivity index (χ1n) is 5.31. The molecule has 0 aliphatic heterocycles. The van der Waals surface area contributed by atoms with E-state index in [9.17, 15) is 4.79 Å². The number of aromatic amines is 1. The van der Waals surface area contributed by atoms with Crippen molar-refractivity contribution < 1.29 is 4.79 Å². The number of amides is 1. The van der Waals surface area contributed by atoms with Crippen molar-refractivity contribution in [3.63, 3.8) is 0 Å². The lowest BCUT2D eigenvalue weighted by Crippen LogP contribution is -2.10. The van der Waals surface area contributed by atoms with Gasteiger partial charge in [0.2, 0.25) is 0 Å². The number of hydrogen-bond acceptors (Lipinski definition) is 1. The minimum Gasteiger partial charge on any atom is -0.364 e. The number of fused-ring (bicyclic) bond motifs is 1. The quantitative estimate of drug-likeness (QED) is 0.756. The number of carbonyl (C=O) groups is 1. The first-order chi connectivity index (χ1) is 7.38. The van der Waals surface area contributed by atoms with Crippen LogP contribution in [-0.2, 0) is 5.41 Å². The fraction of sp³-hybridized carbons (Fsp3) is 0.308. The van der Waals surface area contributed by atoms with Gasteiger partial charge < -0.3 is 10.7 Å². The maximum atomic E-state index is 11.0. The van der Waals surface area contributed by atoms with Crippen molar-refractivity contribution in [3.05, 3.63) is 35.5 Å². The monoisotopic (exact) mass is 216 g/mol. The Morgan fingerprint density at radius 2 is 1.94 bits per heavy atom. The molecule has 2 aromatic rings. The van der Waals surface area contributed by atoms with Gasteiger partial charge in [0.25, 0.3) is 5.91 Å². The van der Waals surface area contributed by atoms with Gasteiger partial charge in [0.05, 0.1) is 0 Å². The summed E-state index contributed by atoms with van der Waals surface area (Å²) in [6.45, 7) is 6.49. The largest absolute Gasteiger partial charge is 0.364 e. The molecule has 0 saturated carbocycles. The summed E-state index contributed by atoms with van der Waals surface area (Å²) in [5, 5.41) is 1.03. The Bertz CT molecular complexity index is 547. The summed E-state index contributed by atoms with van der Waals surface area (Å²) >= 11 is 0. The van der Waals surface area contributed by atoms with E-state index in [0.29, 0.717) is 5.69 Å². The van der Waals surface area contributed by atoms with Crippen LogP contribution in [0.1, 0.15) is 36.8 Å². The Morgan fingerprint density at radius 3 is 2.50 bits per heavy atom. The van der Waals surface area contributed by atoms with Crippen molar-refractivity contribution in [1.29, 1.82) is 0 Å². The number of primary amides is 1. The van der Waals surface area contributed by atoms with Gasteiger partial charge in [-0.25, -0.2) is 0 Å². The predicted molar refractivity (Wildman–Crippen MR) is 65.5 cm³/mol. The summed E-state index contributed by atoms with van der Waals surface area (Å²) in [5.74, 6) is -0.423. The van der Waals surface area contributed by atoms with Gasteiger partial charge in [-0.2, -0.15) is 0 Å². The lowest BCUT2D eigenvalue weighted by molar-refractivity contribution is 0.0996. The summed E-state index contributed by atoms with van der Waals surface area (Å²) in [6, 6.07) is 7.96. The van der Waals surface area contributed by atoms with Crippen LogP contribution >= 0.6 is 0 Å². The normalized spacial score (nSPS) is 11.9. The molecule has 0 aliphatic carbocycles. The molecule has 1 aromatic heterocycles. The van der Waals surface area contributed by atoms with Gasteiger partial charge in [-0.05, 0) is 29.2 Å². The van der Waals surface area contributed by atoms with E-state index in [1.54, 1.807) is 6.07 Å². The highest BCUT2D eigenvalue weighted by Crippen LogP contribution is 2.26. The molecule has 0 atom stereocenters. The van der Waals surface area contributed by atoms with Crippen LogP contribution in [-0.4, -0.2) is 10.9 Å². The van der Waals surface area contributed by atoms with E-state index in [4.69, 9.17) is 5.73 Å². The minimum atomic E-state index is -0.423. The molecule has 0 spiro atoms. The molecule has 3 N–H and O–H groups in total. The highest BCUT2D eigenvalue weighted by atomic mass is 16.1. The second-order valence-electron chi connectivity index (χ2n) is 5.10. The average molecular weight is 216 g/mol. The van der Waals surface area contributed by atoms with Crippen LogP contribution in [0, 0.1) is 0 Å².